The zero-order chi connectivity index (χ0) is 26.4. The summed E-state index contributed by atoms with van der Waals surface area (Å²) in [5.74, 6) is -3.90. The fourth-order valence-electron chi connectivity index (χ4n) is 4.71. The van der Waals surface area contributed by atoms with Gasteiger partial charge >= 0.3 is 12.3 Å². The third-order valence-electron chi connectivity index (χ3n) is 6.38. The number of hydrogen-bond acceptors (Lipinski definition) is 4. The summed E-state index contributed by atoms with van der Waals surface area (Å²) in [5.41, 5.74) is -1.12. The van der Waals surface area contributed by atoms with Crippen LogP contribution in [0.1, 0.15) is 72.4 Å². The minimum atomic E-state index is -4.96. The van der Waals surface area contributed by atoms with E-state index >= 15 is 0 Å². The molecule has 1 aromatic carbocycles. The lowest BCUT2D eigenvalue weighted by molar-refractivity contribution is -0.141. The van der Waals surface area contributed by atoms with E-state index < -0.39 is 52.5 Å². The molecule has 0 atom stereocenters. The lowest BCUT2D eigenvalue weighted by Crippen LogP contribution is -2.41. The van der Waals surface area contributed by atoms with Crippen LogP contribution in [0.4, 0.5) is 26.7 Å². The zero-order valence-corrected chi connectivity index (χ0v) is 20.1. The highest BCUT2D eigenvalue weighted by molar-refractivity contribution is 5.94. The number of nitrogens with zero attached hydrogens (tertiary/aromatic N) is 3. The molecule has 0 saturated carbocycles. The van der Waals surface area contributed by atoms with Crippen LogP contribution in [-0.4, -0.2) is 57.2 Å². The number of aromatic nitrogens is 2. The number of hydrogen-bond donors (Lipinski definition) is 1. The van der Waals surface area contributed by atoms with Crippen molar-refractivity contribution in [2.45, 2.75) is 64.3 Å². The quantitative estimate of drug-likeness (QED) is 0.571. The van der Waals surface area contributed by atoms with Gasteiger partial charge in [0, 0.05) is 43.4 Å². The van der Waals surface area contributed by atoms with E-state index in [4.69, 9.17) is 4.74 Å². The Morgan fingerprint density at radius 3 is 2.33 bits per heavy atom. The lowest BCUT2D eigenvalue weighted by atomic mass is 9.85. The fourth-order valence-corrected chi connectivity index (χ4v) is 4.71. The number of halogens is 5. The van der Waals surface area contributed by atoms with E-state index in [9.17, 15) is 31.5 Å². The Bertz CT molecular complexity index is 1160. The molecule has 1 aromatic heterocycles. The number of benzene rings is 1. The van der Waals surface area contributed by atoms with Gasteiger partial charge in [-0.25, -0.2) is 13.6 Å². The molecule has 1 fully saturated rings. The van der Waals surface area contributed by atoms with E-state index in [-0.39, 0.29) is 44.2 Å². The average Bonchev–Trinajstić information content (AvgIpc) is 3.19. The molecule has 12 heteroatoms. The van der Waals surface area contributed by atoms with Crippen molar-refractivity contribution in [2.75, 3.05) is 19.6 Å². The van der Waals surface area contributed by atoms with Crippen LogP contribution in [0.2, 0.25) is 0 Å². The number of nitrogens with one attached hydrogen (secondary N) is 1. The van der Waals surface area contributed by atoms with Crippen molar-refractivity contribution in [2.24, 2.45) is 0 Å². The van der Waals surface area contributed by atoms with Crippen LogP contribution in [0.5, 0.6) is 0 Å². The van der Waals surface area contributed by atoms with Gasteiger partial charge in [0.25, 0.3) is 5.91 Å². The van der Waals surface area contributed by atoms with E-state index in [1.165, 1.54) is 9.80 Å². The highest BCUT2D eigenvalue weighted by atomic mass is 19.4. The van der Waals surface area contributed by atoms with Gasteiger partial charge in [-0.05, 0) is 51.2 Å². The van der Waals surface area contributed by atoms with E-state index in [1.54, 1.807) is 20.8 Å². The Labute approximate surface area is 204 Å². The van der Waals surface area contributed by atoms with Crippen molar-refractivity contribution in [1.82, 2.24) is 20.0 Å². The predicted octanol–water partition coefficient (Wildman–Crippen LogP) is 5.02. The molecule has 2 aromatic rings. The van der Waals surface area contributed by atoms with Gasteiger partial charge in [-0.2, -0.15) is 18.3 Å². The topological polar surface area (TPSA) is 78.5 Å². The SMILES string of the molecule is CC(C)(C)OC(=O)N1CCc2[nH]nc(C(=O)N3CCC(c4cc(F)cc(F)c4C(F)(F)F)CC3)c2C1. The summed E-state index contributed by atoms with van der Waals surface area (Å²) < 4.78 is 73.5. The summed E-state index contributed by atoms with van der Waals surface area (Å²) in [6.07, 6.45) is -4.80. The number of rotatable bonds is 2. The molecule has 0 spiro atoms. The zero-order valence-electron chi connectivity index (χ0n) is 20.1. The van der Waals surface area contributed by atoms with E-state index in [0.717, 1.165) is 11.8 Å². The number of alkyl halides is 3. The molecule has 4 rings (SSSR count). The summed E-state index contributed by atoms with van der Waals surface area (Å²) in [6.45, 7) is 5.99. The predicted molar refractivity (Wildman–Crippen MR) is 118 cm³/mol. The second kappa shape index (κ2) is 9.36. The standard InChI is InChI=1S/C24H27F5N4O3/c1-23(2,3)36-22(35)33-9-6-18-16(12-33)20(31-30-18)21(34)32-7-4-13(5-8-32)15-10-14(25)11-17(26)19(15)24(27,28)29/h10-11,13H,4-9,12H2,1-3H3,(H,30,31). The van der Waals surface area contributed by atoms with Crippen LogP contribution in [0.25, 0.3) is 0 Å². The first-order valence-electron chi connectivity index (χ1n) is 11.6. The van der Waals surface area contributed by atoms with Crippen LogP contribution < -0.4 is 0 Å². The molecule has 36 heavy (non-hydrogen) atoms. The number of ether oxygens (including phenoxy) is 1. The van der Waals surface area contributed by atoms with Crippen LogP contribution >= 0.6 is 0 Å². The van der Waals surface area contributed by atoms with Crippen LogP contribution in [0.3, 0.4) is 0 Å². The van der Waals surface area contributed by atoms with Crippen molar-refractivity contribution in [3.05, 3.63) is 51.8 Å². The third-order valence-corrected chi connectivity index (χ3v) is 6.38. The smallest absolute Gasteiger partial charge is 0.419 e. The highest BCUT2D eigenvalue weighted by Gasteiger charge is 2.40. The number of aromatic amines is 1. The molecule has 2 aliphatic rings. The Morgan fingerprint density at radius 1 is 1.06 bits per heavy atom. The third kappa shape index (κ3) is 5.31. The number of carbonyl (C=O) groups is 2. The molecule has 0 bridgehead atoms. The second-order valence-electron chi connectivity index (χ2n) is 10.1. The Balaban J connectivity index is 1.47. The molecule has 196 valence electrons. The van der Waals surface area contributed by atoms with Gasteiger partial charge in [-0.1, -0.05) is 0 Å². The van der Waals surface area contributed by atoms with Crippen molar-refractivity contribution in [3.8, 4) is 0 Å². The Kier molecular flexibility index (Phi) is 6.74. The van der Waals surface area contributed by atoms with Gasteiger partial charge in [0.05, 0.1) is 12.1 Å². The maximum Gasteiger partial charge on any atom is 0.419 e. The summed E-state index contributed by atoms with van der Waals surface area (Å²) in [5, 5.41) is 6.99. The van der Waals surface area contributed by atoms with Gasteiger partial charge in [-0.3, -0.25) is 9.89 Å². The first-order valence-corrected chi connectivity index (χ1v) is 11.6. The van der Waals surface area contributed by atoms with Crippen LogP contribution in [0, 0.1) is 11.6 Å². The van der Waals surface area contributed by atoms with Crippen LogP contribution in [0.15, 0.2) is 12.1 Å². The van der Waals surface area contributed by atoms with Gasteiger partial charge in [0.15, 0.2) is 5.69 Å². The molecular formula is C24H27F5N4O3. The molecule has 1 saturated heterocycles. The van der Waals surface area contributed by atoms with Gasteiger partial charge in [-0.15, -0.1) is 0 Å². The van der Waals surface area contributed by atoms with E-state index in [0.29, 0.717) is 18.5 Å². The summed E-state index contributed by atoms with van der Waals surface area (Å²) >= 11 is 0. The summed E-state index contributed by atoms with van der Waals surface area (Å²) in [7, 11) is 0. The number of H-pyrrole nitrogens is 1. The van der Waals surface area contributed by atoms with E-state index in [2.05, 4.69) is 10.2 Å². The Morgan fingerprint density at radius 2 is 1.72 bits per heavy atom. The maximum absolute atomic E-state index is 14.0. The molecular weight excluding hydrogens is 487 g/mol. The van der Waals surface area contributed by atoms with E-state index in [1.807, 2.05) is 0 Å². The fraction of sp³-hybridized carbons (Fsp3) is 0.542. The first kappa shape index (κ1) is 25.9. The van der Waals surface area contributed by atoms with Crippen LogP contribution in [-0.2, 0) is 23.9 Å². The summed E-state index contributed by atoms with van der Waals surface area (Å²) in [4.78, 5) is 28.7. The van der Waals surface area contributed by atoms with Crippen molar-refractivity contribution >= 4 is 12.0 Å². The molecule has 3 heterocycles. The Hall–Kier alpha value is -3.18. The normalized spacial score (nSPS) is 17.2. The van der Waals surface area contributed by atoms with Crippen molar-refractivity contribution in [3.63, 3.8) is 0 Å². The average molecular weight is 514 g/mol. The number of likely N-dealkylation sites (tertiary alicyclic amines) is 1. The molecule has 0 unspecified atom stereocenters. The summed E-state index contributed by atoms with van der Waals surface area (Å²) in [6, 6.07) is 0.954. The van der Waals surface area contributed by atoms with Gasteiger partial charge < -0.3 is 14.5 Å². The van der Waals surface area contributed by atoms with Gasteiger partial charge in [0.2, 0.25) is 0 Å². The molecule has 2 aliphatic heterocycles. The monoisotopic (exact) mass is 514 g/mol. The lowest BCUT2D eigenvalue weighted by Gasteiger charge is -2.33. The maximum atomic E-state index is 14.0. The molecule has 0 radical (unpaired) electrons. The molecule has 2 amide bonds. The van der Waals surface area contributed by atoms with Gasteiger partial charge in [0.1, 0.15) is 17.2 Å². The first-order chi connectivity index (χ1) is 16.7. The molecule has 7 nitrogen and oxygen atoms in total. The molecule has 0 aliphatic carbocycles. The number of fused-ring (bicyclic) bond motifs is 1. The minimum absolute atomic E-state index is 0.0936. The second-order valence-corrected chi connectivity index (χ2v) is 10.1. The van der Waals surface area contributed by atoms with Crippen molar-refractivity contribution < 1.29 is 36.3 Å². The molecule has 1 N–H and O–H groups in total. The largest absolute Gasteiger partial charge is 0.444 e. The number of amides is 2. The highest BCUT2D eigenvalue weighted by Crippen LogP contribution is 2.41. The van der Waals surface area contributed by atoms with Crippen molar-refractivity contribution in [1.29, 1.82) is 0 Å². The number of carbonyl (C=O) groups excluding carboxylic acids is 2. The number of piperidine rings is 1. The minimum Gasteiger partial charge on any atom is -0.444 e.